The van der Waals surface area contributed by atoms with E-state index in [1.807, 2.05) is 9.47 Å². The monoisotopic (exact) mass is 288 g/mol. The molecule has 1 aliphatic heterocycles. The first kappa shape index (κ1) is 13.8. The fourth-order valence-electron chi connectivity index (χ4n) is 2.92. The summed E-state index contributed by atoms with van der Waals surface area (Å²) in [7, 11) is 0. The van der Waals surface area contributed by atoms with E-state index in [0.717, 1.165) is 44.5 Å². The van der Waals surface area contributed by atoms with Gasteiger partial charge in [-0.3, -0.25) is 4.79 Å². The Bertz CT molecular complexity index is 644. The zero-order valence-electron chi connectivity index (χ0n) is 12.2. The molecule has 2 N–H and O–H groups in total. The van der Waals surface area contributed by atoms with Crippen molar-refractivity contribution in [1.29, 1.82) is 0 Å². The lowest BCUT2D eigenvalue weighted by atomic mass is 9.93. The molecule has 1 aliphatic rings. The summed E-state index contributed by atoms with van der Waals surface area (Å²) < 4.78 is 2.03. The minimum Gasteiger partial charge on any atom is -0.382 e. The summed E-state index contributed by atoms with van der Waals surface area (Å²) in [6, 6.07) is 0. The molecule has 1 saturated heterocycles. The fourth-order valence-corrected chi connectivity index (χ4v) is 2.92. The van der Waals surface area contributed by atoms with E-state index in [1.165, 1.54) is 6.33 Å². The molecule has 0 spiro atoms. The van der Waals surface area contributed by atoms with E-state index in [4.69, 9.17) is 5.73 Å². The summed E-state index contributed by atoms with van der Waals surface area (Å²) in [6.07, 6.45) is 6.47. The van der Waals surface area contributed by atoms with Crippen molar-refractivity contribution >= 4 is 22.9 Å². The summed E-state index contributed by atoms with van der Waals surface area (Å²) in [5.41, 5.74) is 7.25. The lowest BCUT2D eigenvalue weighted by Crippen LogP contribution is -2.37. The van der Waals surface area contributed by atoms with Gasteiger partial charge in [0.15, 0.2) is 11.5 Å². The van der Waals surface area contributed by atoms with Crippen LogP contribution in [0.15, 0.2) is 12.7 Å². The molecule has 21 heavy (non-hydrogen) atoms. The minimum atomic E-state index is 0.182. The predicted octanol–water partition coefficient (Wildman–Crippen LogP) is 1.06. The van der Waals surface area contributed by atoms with E-state index in [2.05, 4.69) is 15.0 Å². The van der Waals surface area contributed by atoms with Gasteiger partial charge in [-0.05, 0) is 25.2 Å². The van der Waals surface area contributed by atoms with Crippen molar-refractivity contribution in [3.05, 3.63) is 12.7 Å². The highest BCUT2D eigenvalue weighted by atomic mass is 16.2. The maximum Gasteiger partial charge on any atom is 0.219 e. The molecule has 0 radical (unpaired) electrons. The van der Waals surface area contributed by atoms with Gasteiger partial charge < -0.3 is 15.2 Å². The topological polar surface area (TPSA) is 89.9 Å². The molecule has 0 bridgehead atoms. The summed E-state index contributed by atoms with van der Waals surface area (Å²) in [5.74, 6) is 1.26. The van der Waals surface area contributed by atoms with Crippen LogP contribution in [-0.4, -0.2) is 43.4 Å². The molecule has 3 heterocycles. The van der Waals surface area contributed by atoms with E-state index >= 15 is 0 Å². The number of anilines is 1. The molecular weight excluding hydrogens is 268 g/mol. The molecule has 0 atom stereocenters. The molecule has 0 saturated carbocycles. The van der Waals surface area contributed by atoms with Crippen LogP contribution in [0.5, 0.6) is 0 Å². The Morgan fingerprint density at radius 1 is 1.33 bits per heavy atom. The van der Waals surface area contributed by atoms with Crippen LogP contribution >= 0.6 is 0 Å². The van der Waals surface area contributed by atoms with E-state index < -0.39 is 0 Å². The SMILES string of the molecule is CC(=O)N1CCC(CCn2cnc3c(N)ncnc32)CC1. The highest BCUT2D eigenvalue weighted by molar-refractivity contribution is 5.81. The first-order valence-electron chi connectivity index (χ1n) is 7.32. The largest absolute Gasteiger partial charge is 0.382 e. The lowest BCUT2D eigenvalue weighted by molar-refractivity contribution is -0.130. The maximum atomic E-state index is 11.3. The molecule has 1 fully saturated rings. The van der Waals surface area contributed by atoms with Crippen LogP contribution in [0.25, 0.3) is 11.2 Å². The van der Waals surface area contributed by atoms with Crippen molar-refractivity contribution in [3.8, 4) is 0 Å². The zero-order valence-corrected chi connectivity index (χ0v) is 12.2. The van der Waals surface area contributed by atoms with Crippen LogP contribution in [-0.2, 0) is 11.3 Å². The molecule has 0 unspecified atom stereocenters. The third-order valence-electron chi connectivity index (χ3n) is 4.27. The number of imidazole rings is 1. The number of nitrogens with zero attached hydrogens (tertiary/aromatic N) is 5. The third-order valence-corrected chi connectivity index (χ3v) is 4.27. The third kappa shape index (κ3) is 2.81. The molecule has 7 nitrogen and oxygen atoms in total. The normalized spacial score (nSPS) is 16.5. The molecule has 7 heteroatoms. The number of amides is 1. The van der Waals surface area contributed by atoms with Gasteiger partial charge in [0.1, 0.15) is 11.8 Å². The van der Waals surface area contributed by atoms with Crippen molar-refractivity contribution in [2.75, 3.05) is 18.8 Å². The van der Waals surface area contributed by atoms with E-state index in [-0.39, 0.29) is 5.91 Å². The average molecular weight is 288 g/mol. The highest BCUT2D eigenvalue weighted by Gasteiger charge is 2.20. The number of fused-ring (bicyclic) bond motifs is 1. The molecule has 1 amide bonds. The van der Waals surface area contributed by atoms with Gasteiger partial charge in [-0.1, -0.05) is 0 Å². The Balaban J connectivity index is 1.60. The smallest absolute Gasteiger partial charge is 0.219 e. The number of carbonyl (C=O) groups excluding carboxylic acids is 1. The molecule has 112 valence electrons. The molecule has 3 rings (SSSR count). The van der Waals surface area contributed by atoms with E-state index in [9.17, 15) is 4.79 Å². The number of hydrogen-bond donors (Lipinski definition) is 1. The molecule has 2 aromatic heterocycles. The Hall–Kier alpha value is -2.18. The van der Waals surface area contributed by atoms with Gasteiger partial charge in [-0.2, -0.15) is 0 Å². The number of piperidine rings is 1. The number of aryl methyl sites for hydroxylation is 1. The summed E-state index contributed by atoms with van der Waals surface area (Å²) in [6.45, 7) is 4.26. The van der Waals surface area contributed by atoms with Gasteiger partial charge in [-0.25, -0.2) is 15.0 Å². The number of rotatable bonds is 3. The van der Waals surface area contributed by atoms with Crippen molar-refractivity contribution in [2.45, 2.75) is 32.7 Å². The van der Waals surface area contributed by atoms with Crippen molar-refractivity contribution in [2.24, 2.45) is 5.92 Å². The van der Waals surface area contributed by atoms with Crippen LogP contribution in [0.4, 0.5) is 5.82 Å². The van der Waals surface area contributed by atoms with Crippen LogP contribution in [0.1, 0.15) is 26.2 Å². The lowest BCUT2D eigenvalue weighted by Gasteiger charge is -2.31. The quantitative estimate of drug-likeness (QED) is 0.912. The Kier molecular flexibility index (Phi) is 3.72. The predicted molar refractivity (Wildman–Crippen MR) is 79.3 cm³/mol. The number of hydrogen-bond acceptors (Lipinski definition) is 5. The van der Waals surface area contributed by atoms with E-state index in [0.29, 0.717) is 17.3 Å². The van der Waals surface area contributed by atoms with Crippen LogP contribution < -0.4 is 5.73 Å². The van der Waals surface area contributed by atoms with Gasteiger partial charge in [0.2, 0.25) is 5.91 Å². The van der Waals surface area contributed by atoms with Crippen molar-refractivity contribution in [1.82, 2.24) is 24.4 Å². The van der Waals surface area contributed by atoms with Crippen LogP contribution in [0, 0.1) is 5.92 Å². The summed E-state index contributed by atoms with van der Waals surface area (Å²) >= 11 is 0. The number of aromatic nitrogens is 4. The number of nitrogens with two attached hydrogens (primary N) is 1. The molecule has 0 aromatic carbocycles. The highest BCUT2D eigenvalue weighted by Crippen LogP contribution is 2.22. The zero-order chi connectivity index (χ0) is 14.8. The first-order chi connectivity index (χ1) is 10.1. The van der Waals surface area contributed by atoms with Gasteiger partial charge in [0, 0.05) is 26.6 Å². The molecule has 2 aromatic rings. The van der Waals surface area contributed by atoms with Gasteiger partial charge in [-0.15, -0.1) is 0 Å². The van der Waals surface area contributed by atoms with Crippen molar-refractivity contribution < 1.29 is 4.79 Å². The van der Waals surface area contributed by atoms with Gasteiger partial charge >= 0.3 is 0 Å². The second-order valence-corrected chi connectivity index (χ2v) is 5.61. The fraction of sp³-hybridized carbons (Fsp3) is 0.571. The second kappa shape index (κ2) is 5.67. The van der Waals surface area contributed by atoms with Crippen molar-refractivity contribution in [3.63, 3.8) is 0 Å². The Labute approximate surface area is 123 Å². The first-order valence-corrected chi connectivity index (χ1v) is 7.32. The van der Waals surface area contributed by atoms with Gasteiger partial charge in [0.05, 0.1) is 6.33 Å². The molecule has 0 aliphatic carbocycles. The molecular formula is C14H20N6O. The average Bonchev–Trinajstić information content (AvgIpc) is 2.90. The Morgan fingerprint density at radius 3 is 2.81 bits per heavy atom. The van der Waals surface area contributed by atoms with E-state index in [1.54, 1.807) is 13.3 Å². The standard InChI is InChI=1S/C14H20N6O/c1-10(21)19-5-2-11(3-6-19)4-7-20-9-18-12-13(15)16-8-17-14(12)20/h8-9,11H,2-7H2,1H3,(H2,15,16,17). The number of carbonyl (C=O) groups is 1. The van der Waals surface area contributed by atoms with Gasteiger partial charge in [0.25, 0.3) is 0 Å². The summed E-state index contributed by atoms with van der Waals surface area (Å²) in [5, 5.41) is 0. The van der Waals surface area contributed by atoms with Crippen LogP contribution in [0.3, 0.4) is 0 Å². The summed E-state index contributed by atoms with van der Waals surface area (Å²) in [4.78, 5) is 25.7. The minimum absolute atomic E-state index is 0.182. The maximum absolute atomic E-state index is 11.3. The van der Waals surface area contributed by atoms with Crippen LogP contribution in [0.2, 0.25) is 0 Å². The number of nitrogen functional groups attached to an aromatic ring is 1. The second-order valence-electron chi connectivity index (χ2n) is 5.61. The Morgan fingerprint density at radius 2 is 2.10 bits per heavy atom. The number of likely N-dealkylation sites (tertiary alicyclic amines) is 1.